The number of carbonyl (C=O) groups is 1. The highest BCUT2D eigenvalue weighted by atomic mass is 19.3. The van der Waals surface area contributed by atoms with Crippen molar-refractivity contribution in [1.29, 1.82) is 0 Å². The average Bonchev–Trinajstić information content (AvgIpc) is 3.03. The third-order valence-electron chi connectivity index (χ3n) is 3.52. The Morgan fingerprint density at radius 1 is 1.08 bits per heavy atom. The minimum Gasteiger partial charge on any atom is -0.476 e. The van der Waals surface area contributed by atoms with Crippen LogP contribution in [-0.2, 0) is 5.92 Å². The summed E-state index contributed by atoms with van der Waals surface area (Å²) in [6, 6.07) is 12.7. The molecule has 0 saturated heterocycles. The summed E-state index contributed by atoms with van der Waals surface area (Å²) < 4.78 is 31.9. The fourth-order valence-corrected chi connectivity index (χ4v) is 2.22. The molecule has 2 N–H and O–H groups in total. The van der Waals surface area contributed by atoms with Gasteiger partial charge in [-0.15, -0.1) is 5.10 Å². The second-order valence-corrected chi connectivity index (χ2v) is 5.39. The monoisotopic (exact) mass is 345 g/mol. The fraction of sp³-hybridized carbons (Fsp3) is 0.118. The predicted octanol–water partition coefficient (Wildman–Crippen LogP) is 4.07. The molecule has 1 aromatic heterocycles. The van der Waals surface area contributed by atoms with Crippen LogP contribution in [0.25, 0.3) is 11.1 Å². The largest absolute Gasteiger partial charge is 0.476 e. The second-order valence-electron chi connectivity index (χ2n) is 5.39. The minimum absolute atomic E-state index is 0.0517. The molecule has 128 valence electrons. The lowest BCUT2D eigenvalue weighted by atomic mass is 10.0. The number of carboxylic acids is 1. The van der Waals surface area contributed by atoms with Gasteiger partial charge in [-0.3, -0.25) is 0 Å². The van der Waals surface area contributed by atoms with Crippen molar-refractivity contribution in [2.45, 2.75) is 12.8 Å². The molecule has 0 unspecified atom stereocenters. The summed E-state index contributed by atoms with van der Waals surface area (Å²) in [5, 5.41) is 18.1. The van der Waals surface area contributed by atoms with E-state index in [2.05, 4.69) is 15.4 Å². The Morgan fingerprint density at radius 2 is 1.64 bits per heavy atom. The van der Waals surface area contributed by atoms with E-state index in [9.17, 15) is 13.6 Å². The van der Waals surface area contributed by atoms with E-state index < -0.39 is 11.9 Å². The molecule has 25 heavy (non-hydrogen) atoms. The molecule has 8 heteroatoms. The number of hydrogen-bond acceptors (Lipinski definition) is 4. The van der Waals surface area contributed by atoms with Gasteiger partial charge in [-0.1, -0.05) is 41.6 Å². The molecule has 0 aliphatic carbocycles. The van der Waals surface area contributed by atoms with Crippen LogP contribution in [0.1, 0.15) is 23.0 Å². The smallest absolute Gasteiger partial charge is 0.362 e. The van der Waals surface area contributed by atoms with E-state index in [1.54, 1.807) is 36.4 Å². The van der Waals surface area contributed by atoms with Crippen LogP contribution >= 0.6 is 0 Å². The predicted molar refractivity (Wildman–Crippen MR) is 84.9 cm³/mol. The number of nitrogens with zero attached hydrogens (tertiary/aromatic N) is 2. The number of aromatic carboxylic acids is 1. The number of H-pyrrole nitrogens is 1. The van der Waals surface area contributed by atoms with Crippen LogP contribution in [-0.4, -0.2) is 26.5 Å². The van der Waals surface area contributed by atoms with E-state index in [0.29, 0.717) is 5.75 Å². The zero-order valence-corrected chi connectivity index (χ0v) is 13.0. The van der Waals surface area contributed by atoms with Crippen molar-refractivity contribution in [3.63, 3.8) is 0 Å². The van der Waals surface area contributed by atoms with Gasteiger partial charge in [-0.25, -0.2) is 18.7 Å². The van der Waals surface area contributed by atoms with E-state index in [-0.39, 0.29) is 17.1 Å². The topological polar surface area (TPSA) is 88.1 Å². The highest BCUT2D eigenvalue weighted by Crippen LogP contribution is 2.30. The lowest BCUT2D eigenvalue weighted by Crippen LogP contribution is -2.06. The van der Waals surface area contributed by atoms with Gasteiger partial charge < -0.3 is 9.84 Å². The summed E-state index contributed by atoms with van der Waals surface area (Å²) in [7, 11) is 0. The summed E-state index contributed by atoms with van der Waals surface area (Å²) in [4.78, 5) is 11.0. The molecule has 2 aromatic carbocycles. The van der Waals surface area contributed by atoms with E-state index in [1.807, 2.05) is 0 Å². The first kappa shape index (κ1) is 16.6. The molecular weight excluding hydrogens is 332 g/mol. The van der Waals surface area contributed by atoms with Gasteiger partial charge in [0.1, 0.15) is 5.75 Å². The number of aromatic nitrogens is 3. The van der Waals surface area contributed by atoms with Crippen molar-refractivity contribution in [3.8, 4) is 22.8 Å². The molecular formula is C17H13F2N3O3. The zero-order chi connectivity index (χ0) is 18.0. The first-order chi connectivity index (χ1) is 11.8. The number of alkyl halides is 2. The van der Waals surface area contributed by atoms with Crippen LogP contribution in [0.15, 0.2) is 48.5 Å². The maximum atomic E-state index is 13.2. The molecule has 0 radical (unpaired) electrons. The highest BCUT2D eigenvalue weighted by Gasteiger charge is 2.23. The zero-order valence-electron chi connectivity index (χ0n) is 13.0. The molecule has 0 amide bonds. The molecule has 0 saturated carbocycles. The Morgan fingerprint density at radius 3 is 2.16 bits per heavy atom. The van der Waals surface area contributed by atoms with Crippen LogP contribution in [0.5, 0.6) is 11.6 Å². The van der Waals surface area contributed by atoms with Crippen molar-refractivity contribution < 1.29 is 23.4 Å². The summed E-state index contributed by atoms with van der Waals surface area (Å²) in [5.41, 5.74) is 1.21. The van der Waals surface area contributed by atoms with Crippen LogP contribution in [0, 0.1) is 0 Å². The maximum Gasteiger partial charge on any atom is 0.362 e. The van der Waals surface area contributed by atoms with Gasteiger partial charge in [0.15, 0.2) is 0 Å². The van der Waals surface area contributed by atoms with Crippen molar-refractivity contribution >= 4 is 5.97 Å². The highest BCUT2D eigenvalue weighted by molar-refractivity contribution is 5.87. The minimum atomic E-state index is -2.88. The molecule has 1 heterocycles. The Balaban J connectivity index is 1.78. The quantitative estimate of drug-likeness (QED) is 0.727. The van der Waals surface area contributed by atoms with Gasteiger partial charge in [-0.05, 0) is 23.3 Å². The SMILES string of the molecule is CC(F)(F)c1ccc(-c2ccc(Oc3[nH]nnc3C(=O)O)cc2)cc1. The van der Waals surface area contributed by atoms with Gasteiger partial charge in [0.05, 0.1) is 0 Å². The van der Waals surface area contributed by atoms with Crippen LogP contribution in [0.2, 0.25) is 0 Å². The fourth-order valence-electron chi connectivity index (χ4n) is 2.22. The third-order valence-corrected chi connectivity index (χ3v) is 3.52. The van der Waals surface area contributed by atoms with Crippen molar-refractivity contribution in [1.82, 2.24) is 15.4 Å². The summed E-state index contributed by atoms with van der Waals surface area (Å²) in [5.74, 6) is -3.83. The number of halogens is 2. The first-order valence-electron chi connectivity index (χ1n) is 7.25. The molecule has 3 aromatic rings. The summed E-state index contributed by atoms with van der Waals surface area (Å²) in [6.45, 7) is 0.851. The number of benzene rings is 2. The van der Waals surface area contributed by atoms with Crippen LogP contribution in [0.4, 0.5) is 8.78 Å². The lowest BCUT2D eigenvalue weighted by Gasteiger charge is -2.11. The Hall–Kier alpha value is -3.29. The Labute approximate surface area is 141 Å². The van der Waals surface area contributed by atoms with Gasteiger partial charge >= 0.3 is 5.97 Å². The third kappa shape index (κ3) is 3.63. The second kappa shape index (κ2) is 6.31. The van der Waals surface area contributed by atoms with Gasteiger partial charge in [0, 0.05) is 12.5 Å². The van der Waals surface area contributed by atoms with Crippen LogP contribution in [0.3, 0.4) is 0 Å². The van der Waals surface area contributed by atoms with Crippen molar-refractivity contribution in [2.24, 2.45) is 0 Å². The number of ether oxygens (including phenoxy) is 1. The Kier molecular flexibility index (Phi) is 4.18. The molecule has 0 aliphatic rings. The molecule has 3 rings (SSSR count). The first-order valence-corrected chi connectivity index (χ1v) is 7.25. The molecule has 6 nitrogen and oxygen atoms in total. The number of aromatic amines is 1. The van der Waals surface area contributed by atoms with E-state index in [0.717, 1.165) is 18.1 Å². The lowest BCUT2D eigenvalue weighted by molar-refractivity contribution is 0.0175. The molecule has 0 aliphatic heterocycles. The number of rotatable bonds is 5. The van der Waals surface area contributed by atoms with Gasteiger partial charge in [-0.2, -0.15) is 0 Å². The number of hydrogen-bond donors (Lipinski definition) is 2. The van der Waals surface area contributed by atoms with Gasteiger partial charge in [0.2, 0.25) is 5.69 Å². The van der Waals surface area contributed by atoms with Gasteiger partial charge in [0.25, 0.3) is 11.8 Å². The molecule has 0 atom stereocenters. The molecule has 0 fully saturated rings. The molecule has 0 spiro atoms. The molecule has 0 bridgehead atoms. The average molecular weight is 345 g/mol. The van der Waals surface area contributed by atoms with Crippen molar-refractivity contribution in [3.05, 3.63) is 59.8 Å². The maximum absolute atomic E-state index is 13.2. The summed E-state index contributed by atoms with van der Waals surface area (Å²) in [6.07, 6.45) is 0. The van der Waals surface area contributed by atoms with E-state index in [1.165, 1.54) is 12.1 Å². The van der Waals surface area contributed by atoms with E-state index in [4.69, 9.17) is 9.84 Å². The van der Waals surface area contributed by atoms with E-state index >= 15 is 0 Å². The Bertz CT molecular complexity index is 885. The van der Waals surface area contributed by atoms with Crippen LogP contribution < -0.4 is 4.74 Å². The standard InChI is InChI=1S/C17H13F2N3O3/c1-17(18,19)12-6-2-10(3-7-12)11-4-8-13(9-5-11)25-15-14(16(23)24)20-22-21-15/h2-9H,1H3,(H,23,24)(H,20,21,22). The van der Waals surface area contributed by atoms with Crippen molar-refractivity contribution in [2.75, 3.05) is 0 Å². The summed E-state index contributed by atoms with van der Waals surface area (Å²) >= 11 is 0. The number of carboxylic acid groups (broad SMARTS) is 1. The normalized spacial score (nSPS) is 11.3. The number of nitrogens with one attached hydrogen (secondary N) is 1.